The lowest BCUT2D eigenvalue weighted by molar-refractivity contribution is 0.00672. The van der Waals surface area contributed by atoms with Crippen LogP contribution in [0.2, 0.25) is 0 Å². The van der Waals surface area contributed by atoms with Gasteiger partial charge in [0.05, 0.1) is 13.2 Å². The summed E-state index contributed by atoms with van der Waals surface area (Å²) in [5, 5.41) is 3.14. The highest BCUT2D eigenvalue weighted by Gasteiger charge is 2.24. The first-order chi connectivity index (χ1) is 11.0. The van der Waals surface area contributed by atoms with Gasteiger partial charge in [-0.1, -0.05) is 19.9 Å². The van der Waals surface area contributed by atoms with Crippen LogP contribution in [-0.2, 0) is 4.74 Å². The average Bonchev–Trinajstić information content (AvgIpc) is 2.56. The van der Waals surface area contributed by atoms with Crippen molar-refractivity contribution in [1.82, 2.24) is 10.2 Å². The van der Waals surface area contributed by atoms with Crippen molar-refractivity contribution in [2.24, 2.45) is 5.92 Å². The Kier molecular flexibility index (Phi) is 6.93. The van der Waals surface area contributed by atoms with Gasteiger partial charge >= 0.3 is 0 Å². The van der Waals surface area contributed by atoms with Crippen molar-refractivity contribution in [2.75, 3.05) is 39.1 Å². The minimum atomic E-state index is 0.0253. The zero-order chi connectivity index (χ0) is 16.8. The van der Waals surface area contributed by atoms with Crippen LogP contribution in [0, 0.1) is 12.8 Å². The number of thioether (sulfide) groups is 1. The van der Waals surface area contributed by atoms with E-state index in [-0.39, 0.29) is 5.91 Å². The van der Waals surface area contributed by atoms with Crippen LogP contribution in [0.5, 0.6) is 0 Å². The molecule has 23 heavy (non-hydrogen) atoms. The summed E-state index contributed by atoms with van der Waals surface area (Å²) in [4.78, 5) is 16.1. The molecule has 2 rings (SSSR count). The molecule has 1 amide bonds. The van der Waals surface area contributed by atoms with Crippen LogP contribution in [0.3, 0.4) is 0 Å². The molecular weight excluding hydrogens is 308 g/mol. The van der Waals surface area contributed by atoms with E-state index in [1.54, 1.807) is 11.8 Å². The van der Waals surface area contributed by atoms with E-state index in [9.17, 15) is 4.79 Å². The molecule has 1 aromatic carbocycles. The summed E-state index contributed by atoms with van der Waals surface area (Å²) in [5.74, 6) is 0.518. The molecular formula is C18H28N2O2S. The molecule has 0 aromatic heterocycles. The average molecular weight is 337 g/mol. The highest BCUT2D eigenvalue weighted by atomic mass is 32.2. The number of amides is 1. The number of carbonyl (C=O) groups is 1. The van der Waals surface area contributed by atoms with Gasteiger partial charge in [-0.15, -0.1) is 11.8 Å². The van der Waals surface area contributed by atoms with E-state index in [1.807, 2.05) is 25.3 Å². The number of carbonyl (C=O) groups excluding carboxylic acids is 1. The summed E-state index contributed by atoms with van der Waals surface area (Å²) in [6, 6.07) is 6.41. The largest absolute Gasteiger partial charge is 0.379 e. The smallest absolute Gasteiger partial charge is 0.251 e. The maximum Gasteiger partial charge on any atom is 0.251 e. The predicted molar refractivity (Wildman–Crippen MR) is 96.3 cm³/mol. The molecule has 1 unspecified atom stereocenters. The quantitative estimate of drug-likeness (QED) is 0.811. The van der Waals surface area contributed by atoms with Gasteiger partial charge in [-0.3, -0.25) is 9.69 Å². The molecule has 0 radical (unpaired) electrons. The molecule has 1 heterocycles. The first-order valence-electron chi connectivity index (χ1n) is 8.27. The highest BCUT2D eigenvalue weighted by molar-refractivity contribution is 7.98. The second kappa shape index (κ2) is 8.71. The minimum Gasteiger partial charge on any atom is -0.379 e. The van der Waals surface area contributed by atoms with E-state index in [2.05, 4.69) is 30.1 Å². The first-order valence-corrected chi connectivity index (χ1v) is 9.50. The predicted octanol–water partition coefficient (Wildman–Crippen LogP) is 2.80. The lowest BCUT2D eigenvalue weighted by Gasteiger charge is -2.37. The maximum atomic E-state index is 12.6. The molecule has 1 aliphatic heterocycles. The Hall–Kier alpha value is -1.04. The fourth-order valence-electron chi connectivity index (χ4n) is 2.96. The van der Waals surface area contributed by atoms with Crippen molar-refractivity contribution < 1.29 is 9.53 Å². The summed E-state index contributed by atoms with van der Waals surface area (Å²) in [6.07, 6.45) is 2.03. The molecule has 4 nitrogen and oxygen atoms in total. The van der Waals surface area contributed by atoms with Gasteiger partial charge in [0.2, 0.25) is 0 Å². The monoisotopic (exact) mass is 336 g/mol. The third kappa shape index (κ3) is 4.96. The Morgan fingerprint density at radius 3 is 2.65 bits per heavy atom. The first kappa shape index (κ1) is 18.3. The van der Waals surface area contributed by atoms with Gasteiger partial charge < -0.3 is 10.1 Å². The summed E-state index contributed by atoms with van der Waals surface area (Å²) in [7, 11) is 0. The zero-order valence-corrected chi connectivity index (χ0v) is 15.4. The van der Waals surface area contributed by atoms with E-state index in [4.69, 9.17) is 4.74 Å². The molecule has 1 fully saturated rings. The van der Waals surface area contributed by atoms with Gasteiger partial charge in [0, 0.05) is 36.1 Å². The van der Waals surface area contributed by atoms with Crippen molar-refractivity contribution in [3.63, 3.8) is 0 Å². The number of benzene rings is 1. The van der Waals surface area contributed by atoms with Crippen molar-refractivity contribution in [3.8, 4) is 0 Å². The molecule has 0 spiro atoms. The molecule has 5 heteroatoms. The molecule has 1 aliphatic rings. The van der Waals surface area contributed by atoms with Gasteiger partial charge in [-0.25, -0.2) is 0 Å². The Morgan fingerprint density at radius 2 is 2.04 bits per heavy atom. The zero-order valence-electron chi connectivity index (χ0n) is 14.6. The third-order valence-electron chi connectivity index (χ3n) is 4.45. The fourth-order valence-corrected chi connectivity index (χ4v) is 3.40. The Morgan fingerprint density at radius 1 is 1.35 bits per heavy atom. The van der Waals surface area contributed by atoms with Crippen molar-refractivity contribution in [3.05, 3.63) is 29.3 Å². The highest BCUT2D eigenvalue weighted by Crippen LogP contribution is 2.19. The SMILES string of the molecule is CSc1ccc(C)c(C(=O)NCC(C(C)C)N2CCOCC2)c1. The van der Waals surface area contributed by atoms with Crippen LogP contribution in [0.1, 0.15) is 29.8 Å². The van der Waals surface area contributed by atoms with Gasteiger partial charge in [0.1, 0.15) is 0 Å². The molecule has 0 bridgehead atoms. The number of hydrogen-bond acceptors (Lipinski definition) is 4. The van der Waals surface area contributed by atoms with Gasteiger partial charge in [-0.2, -0.15) is 0 Å². The lowest BCUT2D eigenvalue weighted by atomic mass is 10.0. The van der Waals surface area contributed by atoms with E-state index in [0.29, 0.717) is 18.5 Å². The van der Waals surface area contributed by atoms with Crippen LogP contribution in [0.25, 0.3) is 0 Å². The van der Waals surface area contributed by atoms with Crippen LogP contribution in [-0.4, -0.2) is 56.0 Å². The van der Waals surface area contributed by atoms with Crippen molar-refractivity contribution in [1.29, 1.82) is 0 Å². The second-order valence-electron chi connectivity index (χ2n) is 6.35. The Balaban J connectivity index is 2.01. The number of nitrogens with zero attached hydrogens (tertiary/aromatic N) is 1. The molecule has 1 atom stereocenters. The molecule has 1 N–H and O–H groups in total. The number of aryl methyl sites for hydroxylation is 1. The van der Waals surface area contributed by atoms with E-state index in [1.165, 1.54) is 0 Å². The molecule has 0 saturated carbocycles. The van der Waals surface area contributed by atoms with E-state index in [0.717, 1.165) is 42.3 Å². The normalized spacial score (nSPS) is 17.3. The van der Waals surface area contributed by atoms with Gasteiger partial charge in [0.15, 0.2) is 0 Å². The standard InChI is InChI=1S/C18H28N2O2S/c1-13(2)17(20-7-9-22-10-8-20)12-19-18(21)16-11-15(23-4)6-5-14(16)3/h5-6,11,13,17H,7-10,12H2,1-4H3,(H,19,21). The number of ether oxygens (including phenoxy) is 1. The van der Waals surface area contributed by atoms with Crippen LogP contribution in [0.4, 0.5) is 0 Å². The Bertz CT molecular complexity index is 528. The lowest BCUT2D eigenvalue weighted by Crippen LogP contribution is -2.51. The Labute approximate surface area is 144 Å². The van der Waals surface area contributed by atoms with Crippen LogP contribution in [0.15, 0.2) is 23.1 Å². The summed E-state index contributed by atoms with van der Waals surface area (Å²) >= 11 is 1.66. The number of nitrogens with one attached hydrogen (secondary N) is 1. The van der Waals surface area contributed by atoms with Gasteiger partial charge in [0.25, 0.3) is 5.91 Å². The van der Waals surface area contributed by atoms with Crippen molar-refractivity contribution in [2.45, 2.75) is 31.7 Å². The summed E-state index contributed by atoms with van der Waals surface area (Å²) in [6.45, 7) is 10.6. The molecule has 128 valence electrons. The fraction of sp³-hybridized carbons (Fsp3) is 0.611. The number of morpholine rings is 1. The maximum absolute atomic E-state index is 12.6. The number of hydrogen-bond donors (Lipinski definition) is 1. The van der Waals surface area contributed by atoms with Crippen LogP contribution >= 0.6 is 11.8 Å². The second-order valence-corrected chi connectivity index (χ2v) is 7.23. The molecule has 0 aliphatic carbocycles. The topological polar surface area (TPSA) is 41.6 Å². The third-order valence-corrected chi connectivity index (χ3v) is 5.17. The summed E-state index contributed by atoms with van der Waals surface area (Å²) < 4.78 is 5.43. The van der Waals surface area contributed by atoms with Gasteiger partial charge in [-0.05, 0) is 36.8 Å². The summed E-state index contributed by atoms with van der Waals surface area (Å²) in [5.41, 5.74) is 1.80. The van der Waals surface area contributed by atoms with E-state index < -0.39 is 0 Å². The molecule has 1 saturated heterocycles. The van der Waals surface area contributed by atoms with Crippen LogP contribution < -0.4 is 5.32 Å². The van der Waals surface area contributed by atoms with E-state index >= 15 is 0 Å². The van der Waals surface area contributed by atoms with Crippen molar-refractivity contribution >= 4 is 17.7 Å². The minimum absolute atomic E-state index is 0.0253. The number of rotatable bonds is 6. The molecule has 1 aromatic rings.